The third kappa shape index (κ3) is 2.59. The molecule has 0 aromatic carbocycles. The molecule has 3 heterocycles. The highest BCUT2D eigenvalue weighted by Gasteiger charge is 2.29. The summed E-state index contributed by atoms with van der Waals surface area (Å²) in [7, 11) is 2.09. The number of hydrogen-bond acceptors (Lipinski definition) is 3. The fraction of sp³-hybridized carbons (Fsp3) is 0.786. The molecule has 4 nitrogen and oxygen atoms in total. The Morgan fingerprint density at radius 2 is 2.17 bits per heavy atom. The van der Waals surface area contributed by atoms with Crippen LogP contribution in [0.1, 0.15) is 25.1 Å². The standard InChI is InChI=1S/C14H23N3O/c1-16-7-5-15-14(16)10-12-2-6-17(11-12)13-3-8-18-9-4-13/h5,7,12-13H,2-4,6,8-11H2,1H3/t12-/m1/s1. The monoisotopic (exact) mass is 249 g/mol. The predicted octanol–water partition coefficient (Wildman–Crippen LogP) is 1.46. The summed E-state index contributed by atoms with van der Waals surface area (Å²) in [6.45, 7) is 4.41. The lowest BCUT2D eigenvalue weighted by Gasteiger charge is -2.31. The van der Waals surface area contributed by atoms with Gasteiger partial charge < -0.3 is 9.30 Å². The lowest BCUT2D eigenvalue weighted by atomic mass is 10.0. The van der Waals surface area contributed by atoms with E-state index in [1.54, 1.807) is 0 Å². The van der Waals surface area contributed by atoms with Gasteiger partial charge in [-0.2, -0.15) is 0 Å². The van der Waals surface area contributed by atoms with Crippen molar-refractivity contribution in [3.8, 4) is 0 Å². The lowest BCUT2D eigenvalue weighted by molar-refractivity contribution is 0.0411. The van der Waals surface area contributed by atoms with E-state index in [9.17, 15) is 0 Å². The quantitative estimate of drug-likeness (QED) is 0.812. The molecule has 0 N–H and O–H groups in total. The summed E-state index contributed by atoms with van der Waals surface area (Å²) in [6.07, 6.45) is 8.83. The minimum Gasteiger partial charge on any atom is -0.381 e. The van der Waals surface area contributed by atoms with Crippen LogP contribution < -0.4 is 0 Å². The van der Waals surface area contributed by atoms with Crippen LogP contribution in [0.4, 0.5) is 0 Å². The summed E-state index contributed by atoms with van der Waals surface area (Å²) in [5, 5.41) is 0. The van der Waals surface area contributed by atoms with Crippen LogP contribution in [0.3, 0.4) is 0 Å². The first-order valence-corrected chi connectivity index (χ1v) is 7.11. The summed E-state index contributed by atoms with van der Waals surface area (Å²) < 4.78 is 7.60. The summed E-state index contributed by atoms with van der Waals surface area (Å²) in [5.41, 5.74) is 0. The highest BCUT2D eigenvalue weighted by molar-refractivity contribution is 4.95. The molecule has 0 amide bonds. The molecule has 0 aliphatic carbocycles. The maximum absolute atomic E-state index is 5.45. The number of ether oxygens (including phenoxy) is 1. The maximum Gasteiger partial charge on any atom is 0.108 e. The predicted molar refractivity (Wildman–Crippen MR) is 70.4 cm³/mol. The van der Waals surface area contributed by atoms with Gasteiger partial charge in [0, 0.05) is 51.7 Å². The van der Waals surface area contributed by atoms with Gasteiger partial charge in [0.05, 0.1) is 0 Å². The Hall–Kier alpha value is -0.870. The zero-order chi connectivity index (χ0) is 12.4. The molecule has 0 bridgehead atoms. The van der Waals surface area contributed by atoms with E-state index in [2.05, 4.69) is 21.5 Å². The van der Waals surface area contributed by atoms with Gasteiger partial charge in [-0.1, -0.05) is 0 Å². The van der Waals surface area contributed by atoms with Crippen molar-refractivity contribution in [3.63, 3.8) is 0 Å². The molecule has 1 aromatic heterocycles. The zero-order valence-electron chi connectivity index (χ0n) is 11.2. The first kappa shape index (κ1) is 12.2. The summed E-state index contributed by atoms with van der Waals surface area (Å²) in [6, 6.07) is 0.769. The number of hydrogen-bond donors (Lipinski definition) is 0. The molecule has 18 heavy (non-hydrogen) atoms. The number of rotatable bonds is 3. The lowest BCUT2D eigenvalue weighted by Crippen LogP contribution is -2.38. The van der Waals surface area contributed by atoms with Gasteiger partial charge >= 0.3 is 0 Å². The van der Waals surface area contributed by atoms with Crippen LogP contribution in [0, 0.1) is 5.92 Å². The van der Waals surface area contributed by atoms with Gasteiger partial charge in [0.15, 0.2) is 0 Å². The van der Waals surface area contributed by atoms with Crippen LogP contribution in [0.5, 0.6) is 0 Å². The van der Waals surface area contributed by atoms with E-state index in [1.165, 1.54) is 38.2 Å². The largest absolute Gasteiger partial charge is 0.381 e. The van der Waals surface area contributed by atoms with Crippen molar-refractivity contribution in [1.29, 1.82) is 0 Å². The number of aromatic nitrogens is 2. The van der Waals surface area contributed by atoms with Gasteiger partial charge in [0.2, 0.25) is 0 Å². The first-order valence-electron chi connectivity index (χ1n) is 7.11. The first-order chi connectivity index (χ1) is 8.83. The maximum atomic E-state index is 5.45. The van der Waals surface area contributed by atoms with Crippen LogP contribution in [-0.4, -0.2) is 46.8 Å². The van der Waals surface area contributed by atoms with Gasteiger partial charge in [-0.25, -0.2) is 4.98 Å². The molecular weight excluding hydrogens is 226 g/mol. The normalized spacial score (nSPS) is 26.8. The molecule has 1 aromatic rings. The minimum atomic E-state index is 0.769. The Bertz CT molecular complexity index is 384. The Morgan fingerprint density at radius 1 is 1.33 bits per heavy atom. The molecule has 3 rings (SSSR count). The highest BCUT2D eigenvalue weighted by atomic mass is 16.5. The molecule has 2 saturated heterocycles. The second kappa shape index (κ2) is 5.41. The molecule has 4 heteroatoms. The summed E-state index contributed by atoms with van der Waals surface area (Å²) in [4.78, 5) is 7.12. The van der Waals surface area contributed by atoms with Crippen molar-refractivity contribution in [2.75, 3.05) is 26.3 Å². The number of aryl methyl sites for hydroxylation is 1. The van der Waals surface area contributed by atoms with Crippen LogP contribution in [0.2, 0.25) is 0 Å². The van der Waals surface area contributed by atoms with E-state index >= 15 is 0 Å². The molecule has 1 atom stereocenters. The Morgan fingerprint density at radius 3 is 2.89 bits per heavy atom. The second-order valence-corrected chi connectivity index (χ2v) is 5.65. The molecule has 2 aliphatic rings. The van der Waals surface area contributed by atoms with Crippen molar-refractivity contribution in [3.05, 3.63) is 18.2 Å². The number of likely N-dealkylation sites (tertiary alicyclic amines) is 1. The third-order valence-electron chi connectivity index (χ3n) is 4.42. The number of nitrogens with zero attached hydrogens (tertiary/aromatic N) is 3. The Kier molecular flexibility index (Phi) is 3.66. The molecule has 0 spiro atoms. The molecule has 2 fully saturated rings. The zero-order valence-corrected chi connectivity index (χ0v) is 11.2. The van der Waals surface area contributed by atoms with Gasteiger partial charge in [0.1, 0.15) is 5.82 Å². The van der Waals surface area contributed by atoms with E-state index in [1.807, 2.05) is 12.4 Å². The van der Waals surface area contributed by atoms with Gasteiger partial charge in [-0.3, -0.25) is 4.90 Å². The topological polar surface area (TPSA) is 30.3 Å². The second-order valence-electron chi connectivity index (χ2n) is 5.65. The SMILES string of the molecule is Cn1ccnc1C[C@H]1CCN(C2CCOCC2)C1. The van der Waals surface area contributed by atoms with Crippen molar-refractivity contribution in [2.24, 2.45) is 13.0 Å². The molecular formula is C14H23N3O. The van der Waals surface area contributed by atoms with E-state index in [0.717, 1.165) is 31.6 Å². The van der Waals surface area contributed by atoms with Crippen LogP contribution >= 0.6 is 0 Å². The third-order valence-corrected chi connectivity index (χ3v) is 4.42. The summed E-state index contributed by atoms with van der Waals surface area (Å²) >= 11 is 0. The fourth-order valence-corrected chi connectivity index (χ4v) is 3.26. The molecule has 100 valence electrons. The Balaban J connectivity index is 1.53. The smallest absolute Gasteiger partial charge is 0.108 e. The van der Waals surface area contributed by atoms with Gasteiger partial charge in [-0.15, -0.1) is 0 Å². The van der Waals surface area contributed by atoms with Crippen LogP contribution in [0.15, 0.2) is 12.4 Å². The van der Waals surface area contributed by atoms with Gasteiger partial charge in [0.25, 0.3) is 0 Å². The molecule has 0 unspecified atom stereocenters. The summed E-state index contributed by atoms with van der Waals surface area (Å²) in [5.74, 6) is 2.02. The van der Waals surface area contributed by atoms with E-state index in [4.69, 9.17) is 4.74 Å². The van der Waals surface area contributed by atoms with Crippen molar-refractivity contribution >= 4 is 0 Å². The van der Waals surface area contributed by atoms with Crippen molar-refractivity contribution < 1.29 is 4.74 Å². The highest BCUT2D eigenvalue weighted by Crippen LogP contribution is 2.25. The Labute approximate surface area is 109 Å². The molecule has 2 aliphatic heterocycles. The van der Waals surface area contributed by atoms with Crippen LogP contribution in [-0.2, 0) is 18.2 Å². The van der Waals surface area contributed by atoms with E-state index in [0.29, 0.717) is 0 Å². The van der Waals surface area contributed by atoms with Crippen molar-refractivity contribution in [1.82, 2.24) is 14.5 Å². The van der Waals surface area contributed by atoms with E-state index in [-0.39, 0.29) is 0 Å². The molecule has 0 radical (unpaired) electrons. The van der Waals surface area contributed by atoms with Gasteiger partial charge in [-0.05, 0) is 31.7 Å². The average molecular weight is 249 g/mol. The average Bonchev–Trinajstić information content (AvgIpc) is 3.02. The van der Waals surface area contributed by atoms with Crippen LogP contribution in [0.25, 0.3) is 0 Å². The van der Waals surface area contributed by atoms with Crippen molar-refractivity contribution in [2.45, 2.75) is 31.7 Å². The van der Waals surface area contributed by atoms with E-state index < -0.39 is 0 Å². The fourth-order valence-electron chi connectivity index (χ4n) is 3.26. The molecule has 0 saturated carbocycles. The minimum absolute atomic E-state index is 0.769. The number of imidazole rings is 1.